The number of nitrogens with zero attached hydrogens (tertiary/aromatic N) is 1. The minimum atomic E-state index is -4.88. The number of para-hydroxylation sites is 1. The molecule has 31 heavy (non-hydrogen) atoms. The predicted octanol–water partition coefficient (Wildman–Crippen LogP) is 4.82. The summed E-state index contributed by atoms with van der Waals surface area (Å²) in [5.74, 6) is -1.18. The van der Waals surface area contributed by atoms with E-state index in [9.17, 15) is 28.2 Å². The van der Waals surface area contributed by atoms with Gasteiger partial charge in [-0.15, -0.1) is 13.2 Å². The molecule has 160 valence electrons. The topological polar surface area (TPSA) is 70.0 Å². The number of benzene rings is 3. The van der Waals surface area contributed by atoms with Crippen LogP contribution in [-0.2, 0) is 10.4 Å². The number of phenols is 1. The Kier molecular flexibility index (Phi) is 4.70. The molecule has 2 N–H and O–H groups in total. The lowest BCUT2D eigenvalue weighted by atomic mass is 9.85. The van der Waals surface area contributed by atoms with E-state index in [-0.39, 0.29) is 22.6 Å². The molecule has 0 aliphatic carbocycles. The molecule has 3 aromatic carbocycles. The fourth-order valence-electron chi connectivity index (χ4n) is 3.88. The van der Waals surface area contributed by atoms with Gasteiger partial charge in [0, 0.05) is 11.6 Å². The van der Waals surface area contributed by atoms with Gasteiger partial charge in [-0.1, -0.05) is 24.3 Å². The van der Waals surface area contributed by atoms with Gasteiger partial charge in [-0.05, 0) is 60.9 Å². The van der Waals surface area contributed by atoms with E-state index in [1.807, 2.05) is 0 Å². The van der Waals surface area contributed by atoms with Crippen molar-refractivity contribution in [2.45, 2.75) is 25.8 Å². The number of aryl methyl sites for hydroxylation is 2. The molecule has 0 fully saturated rings. The van der Waals surface area contributed by atoms with Crippen molar-refractivity contribution in [3.8, 4) is 11.5 Å². The van der Waals surface area contributed by atoms with Crippen LogP contribution in [0.5, 0.6) is 11.5 Å². The van der Waals surface area contributed by atoms with Gasteiger partial charge in [0.2, 0.25) is 0 Å². The molecule has 1 atom stereocenters. The van der Waals surface area contributed by atoms with Crippen molar-refractivity contribution in [3.05, 3.63) is 82.9 Å². The standard InChI is InChI=1S/C23H18F3NO4/c1-13-10-15(11-14(2)20(13)28)22(30)18-8-3-4-9-19(18)27(21(22)29)16-6-5-7-17(12-16)31-23(24,25)26/h3-12,28,30H,1-2H3. The zero-order chi connectivity index (χ0) is 22.6. The molecule has 3 aromatic rings. The summed E-state index contributed by atoms with van der Waals surface area (Å²) in [7, 11) is 0. The number of fused-ring (bicyclic) bond motifs is 1. The lowest BCUT2D eigenvalue weighted by molar-refractivity contribution is -0.274. The lowest BCUT2D eigenvalue weighted by Gasteiger charge is -2.25. The molecule has 0 bridgehead atoms. The first-order chi connectivity index (χ1) is 14.5. The van der Waals surface area contributed by atoms with E-state index in [1.54, 1.807) is 38.1 Å². The van der Waals surface area contributed by atoms with Gasteiger partial charge in [0.05, 0.1) is 11.4 Å². The molecule has 0 spiro atoms. The summed E-state index contributed by atoms with van der Waals surface area (Å²) >= 11 is 0. The highest BCUT2D eigenvalue weighted by Crippen LogP contribution is 2.48. The summed E-state index contributed by atoms with van der Waals surface area (Å²) in [5.41, 5.74) is -0.138. The number of phenolic OH excluding ortho intramolecular Hbond substituents is 1. The Morgan fingerprint density at radius 3 is 2.26 bits per heavy atom. The first-order valence-electron chi connectivity index (χ1n) is 9.35. The molecular weight excluding hydrogens is 411 g/mol. The van der Waals surface area contributed by atoms with Crippen LogP contribution in [0.15, 0.2) is 60.7 Å². The molecule has 1 aliphatic rings. The molecular formula is C23H18F3NO4. The van der Waals surface area contributed by atoms with Gasteiger partial charge in [0.15, 0.2) is 5.60 Å². The highest BCUT2D eigenvalue weighted by atomic mass is 19.4. The first kappa shape index (κ1) is 20.7. The number of carbonyl (C=O) groups excluding carboxylic acids is 1. The van der Waals surface area contributed by atoms with Crippen LogP contribution in [0.25, 0.3) is 0 Å². The van der Waals surface area contributed by atoms with E-state index in [0.29, 0.717) is 16.8 Å². The number of alkyl halides is 3. The Labute approximate surface area is 175 Å². The average Bonchev–Trinajstić information content (AvgIpc) is 2.93. The summed E-state index contributed by atoms with van der Waals surface area (Å²) in [5, 5.41) is 21.7. The van der Waals surface area contributed by atoms with Crippen molar-refractivity contribution >= 4 is 17.3 Å². The van der Waals surface area contributed by atoms with Gasteiger partial charge in [-0.3, -0.25) is 9.69 Å². The molecule has 0 saturated heterocycles. The van der Waals surface area contributed by atoms with E-state index in [4.69, 9.17) is 0 Å². The fraction of sp³-hybridized carbons (Fsp3) is 0.174. The zero-order valence-electron chi connectivity index (χ0n) is 16.6. The SMILES string of the molecule is Cc1cc(C2(O)C(=O)N(c3cccc(OC(F)(F)F)c3)c3ccccc32)cc(C)c1O. The number of hydrogen-bond acceptors (Lipinski definition) is 4. The molecule has 5 nitrogen and oxygen atoms in total. The second-order valence-corrected chi connectivity index (χ2v) is 7.37. The van der Waals surface area contributed by atoms with Gasteiger partial charge in [-0.25, -0.2) is 0 Å². The number of anilines is 2. The van der Waals surface area contributed by atoms with E-state index >= 15 is 0 Å². The second kappa shape index (κ2) is 7.02. The van der Waals surface area contributed by atoms with Gasteiger partial charge in [-0.2, -0.15) is 0 Å². The molecule has 8 heteroatoms. The number of amides is 1. The Balaban J connectivity index is 1.87. The van der Waals surface area contributed by atoms with Gasteiger partial charge in [0.1, 0.15) is 11.5 Å². The van der Waals surface area contributed by atoms with E-state index < -0.39 is 23.6 Å². The Hall–Kier alpha value is -3.52. The normalized spacial score (nSPS) is 18.3. The Morgan fingerprint density at radius 2 is 1.61 bits per heavy atom. The molecule has 4 rings (SSSR count). The first-order valence-corrected chi connectivity index (χ1v) is 9.35. The Bertz CT molecular complexity index is 1170. The average molecular weight is 429 g/mol. The molecule has 0 saturated carbocycles. The van der Waals surface area contributed by atoms with E-state index in [2.05, 4.69) is 4.74 Å². The maximum absolute atomic E-state index is 13.5. The third-order valence-corrected chi connectivity index (χ3v) is 5.27. The number of aromatic hydroxyl groups is 1. The molecule has 1 aliphatic heterocycles. The van der Waals surface area contributed by atoms with Crippen LogP contribution < -0.4 is 9.64 Å². The van der Waals surface area contributed by atoms with Crippen molar-refractivity contribution in [3.63, 3.8) is 0 Å². The number of hydrogen-bond donors (Lipinski definition) is 2. The maximum atomic E-state index is 13.5. The third-order valence-electron chi connectivity index (χ3n) is 5.27. The lowest BCUT2D eigenvalue weighted by Crippen LogP contribution is -2.39. The largest absolute Gasteiger partial charge is 0.573 e. The Morgan fingerprint density at radius 1 is 0.968 bits per heavy atom. The summed E-state index contributed by atoms with van der Waals surface area (Å²) in [4.78, 5) is 14.7. The number of halogens is 3. The van der Waals surface area contributed by atoms with Crippen LogP contribution in [0.1, 0.15) is 22.3 Å². The van der Waals surface area contributed by atoms with E-state index in [1.165, 1.54) is 24.3 Å². The molecule has 1 unspecified atom stereocenters. The van der Waals surface area contributed by atoms with Crippen molar-refractivity contribution in [2.75, 3.05) is 4.90 Å². The zero-order valence-corrected chi connectivity index (χ0v) is 16.6. The van der Waals surface area contributed by atoms with Gasteiger partial charge >= 0.3 is 6.36 Å². The quantitative estimate of drug-likeness (QED) is 0.626. The van der Waals surface area contributed by atoms with Crippen molar-refractivity contribution < 1.29 is 32.9 Å². The molecule has 1 amide bonds. The number of ether oxygens (including phenoxy) is 1. The summed E-state index contributed by atoms with van der Waals surface area (Å²) in [6.07, 6.45) is -4.88. The smallest absolute Gasteiger partial charge is 0.507 e. The summed E-state index contributed by atoms with van der Waals surface area (Å²) in [6, 6.07) is 14.5. The van der Waals surface area contributed by atoms with Crippen LogP contribution in [0.3, 0.4) is 0 Å². The number of carbonyl (C=O) groups is 1. The monoisotopic (exact) mass is 429 g/mol. The minimum Gasteiger partial charge on any atom is -0.507 e. The van der Waals surface area contributed by atoms with E-state index in [0.717, 1.165) is 17.0 Å². The highest BCUT2D eigenvalue weighted by Gasteiger charge is 2.52. The van der Waals surface area contributed by atoms with Crippen LogP contribution in [0.2, 0.25) is 0 Å². The maximum Gasteiger partial charge on any atom is 0.573 e. The van der Waals surface area contributed by atoms with Crippen molar-refractivity contribution in [1.82, 2.24) is 0 Å². The second-order valence-electron chi connectivity index (χ2n) is 7.37. The van der Waals surface area contributed by atoms with Gasteiger partial charge in [0.25, 0.3) is 5.91 Å². The fourth-order valence-corrected chi connectivity index (χ4v) is 3.88. The van der Waals surface area contributed by atoms with Crippen LogP contribution in [0, 0.1) is 13.8 Å². The molecule has 0 aromatic heterocycles. The molecule has 0 radical (unpaired) electrons. The molecule has 1 heterocycles. The van der Waals surface area contributed by atoms with Crippen LogP contribution >= 0.6 is 0 Å². The third kappa shape index (κ3) is 3.38. The van der Waals surface area contributed by atoms with Crippen LogP contribution in [0.4, 0.5) is 24.5 Å². The number of rotatable bonds is 3. The highest BCUT2D eigenvalue weighted by molar-refractivity contribution is 6.13. The predicted molar refractivity (Wildman–Crippen MR) is 107 cm³/mol. The summed E-state index contributed by atoms with van der Waals surface area (Å²) < 4.78 is 41.9. The van der Waals surface area contributed by atoms with Gasteiger partial charge < -0.3 is 14.9 Å². The van der Waals surface area contributed by atoms with Crippen LogP contribution in [-0.4, -0.2) is 22.5 Å². The number of aliphatic hydroxyl groups is 1. The summed E-state index contributed by atoms with van der Waals surface area (Å²) in [6.45, 7) is 3.30. The minimum absolute atomic E-state index is 0.0555. The van der Waals surface area contributed by atoms with Crippen molar-refractivity contribution in [1.29, 1.82) is 0 Å². The van der Waals surface area contributed by atoms with Crippen molar-refractivity contribution in [2.24, 2.45) is 0 Å².